The fourth-order valence-corrected chi connectivity index (χ4v) is 3.43. The molecule has 0 spiro atoms. The SMILES string of the molecule is Cc1nc2c(C)cc(-n3cc4cc(NCCNC(=O)OC(C)(C)C)cc(F)c4n3)cc2o1. The van der Waals surface area contributed by atoms with E-state index < -0.39 is 17.5 Å². The Morgan fingerprint density at radius 3 is 2.69 bits per heavy atom. The number of halogens is 1. The maximum atomic E-state index is 14.7. The van der Waals surface area contributed by atoms with Crippen LogP contribution in [0.4, 0.5) is 14.9 Å². The molecule has 9 heteroatoms. The highest BCUT2D eigenvalue weighted by Crippen LogP contribution is 2.26. The van der Waals surface area contributed by atoms with E-state index >= 15 is 0 Å². The number of aromatic nitrogens is 3. The van der Waals surface area contributed by atoms with Gasteiger partial charge >= 0.3 is 6.09 Å². The van der Waals surface area contributed by atoms with Gasteiger partial charge in [0.1, 0.15) is 16.6 Å². The summed E-state index contributed by atoms with van der Waals surface area (Å²) in [6.07, 6.45) is 1.28. The molecule has 2 aromatic carbocycles. The third-order valence-corrected chi connectivity index (χ3v) is 4.73. The van der Waals surface area contributed by atoms with E-state index in [1.807, 2.05) is 25.1 Å². The van der Waals surface area contributed by atoms with Gasteiger partial charge in [-0.2, -0.15) is 5.10 Å². The lowest BCUT2D eigenvalue weighted by molar-refractivity contribution is 0.0530. The van der Waals surface area contributed by atoms with Gasteiger partial charge in [0.15, 0.2) is 17.3 Å². The maximum Gasteiger partial charge on any atom is 0.407 e. The fraction of sp³-hybridized carbons (Fsp3) is 0.348. The van der Waals surface area contributed by atoms with Crippen LogP contribution in [0.1, 0.15) is 32.2 Å². The van der Waals surface area contributed by atoms with Gasteiger partial charge in [-0.15, -0.1) is 0 Å². The summed E-state index contributed by atoms with van der Waals surface area (Å²) in [5.74, 6) is 0.158. The van der Waals surface area contributed by atoms with E-state index in [0.717, 1.165) is 16.8 Å². The van der Waals surface area contributed by atoms with Crippen LogP contribution < -0.4 is 10.6 Å². The lowest BCUT2D eigenvalue weighted by Crippen LogP contribution is -2.35. The van der Waals surface area contributed by atoms with Crippen molar-refractivity contribution < 1.29 is 18.3 Å². The first-order valence-corrected chi connectivity index (χ1v) is 10.4. The van der Waals surface area contributed by atoms with E-state index in [2.05, 4.69) is 20.7 Å². The molecule has 2 aromatic heterocycles. The number of nitrogens with zero attached hydrogens (tertiary/aromatic N) is 3. The van der Waals surface area contributed by atoms with Crippen molar-refractivity contribution in [3.8, 4) is 5.69 Å². The zero-order valence-electron chi connectivity index (χ0n) is 18.7. The minimum atomic E-state index is -0.554. The van der Waals surface area contributed by atoms with E-state index in [1.165, 1.54) is 6.07 Å². The number of hydrogen-bond donors (Lipinski definition) is 2. The number of ether oxygens (including phenoxy) is 1. The van der Waals surface area contributed by atoms with Gasteiger partial charge in [0.2, 0.25) is 0 Å². The van der Waals surface area contributed by atoms with Crippen LogP contribution in [0.25, 0.3) is 27.7 Å². The Hall–Kier alpha value is -3.62. The van der Waals surface area contributed by atoms with Crippen molar-refractivity contribution in [2.75, 3.05) is 18.4 Å². The quantitative estimate of drug-likeness (QED) is 0.431. The number of anilines is 1. The lowest BCUT2D eigenvalue weighted by Gasteiger charge is -2.19. The molecule has 0 atom stereocenters. The largest absolute Gasteiger partial charge is 0.444 e. The normalized spacial score (nSPS) is 11.8. The first-order valence-electron chi connectivity index (χ1n) is 10.4. The Kier molecular flexibility index (Phi) is 5.50. The molecule has 0 fully saturated rings. The second kappa shape index (κ2) is 8.14. The number of oxazole rings is 1. The summed E-state index contributed by atoms with van der Waals surface area (Å²) in [5.41, 5.74) is 3.50. The van der Waals surface area contributed by atoms with Gasteiger partial charge in [0, 0.05) is 43.4 Å². The highest BCUT2D eigenvalue weighted by atomic mass is 19.1. The van der Waals surface area contributed by atoms with Crippen molar-refractivity contribution in [2.24, 2.45) is 0 Å². The zero-order chi connectivity index (χ0) is 23.0. The first-order chi connectivity index (χ1) is 15.1. The topological polar surface area (TPSA) is 94.2 Å². The molecule has 1 amide bonds. The molecule has 0 aliphatic carbocycles. The molecule has 4 rings (SSSR count). The molecule has 0 aliphatic heterocycles. The van der Waals surface area contributed by atoms with Crippen LogP contribution >= 0.6 is 0 Å². The van der Waals surface area contributed by atoms with Gasteiger partial charge in [0.25, 0.3) is 0 Å². The molecule has 0 radical (unpaired) electrons. The number of alkyl carbamates (subject to hydrolysis) is 1. The molecule has 2 N–H and O–H groups in total. The van der Waals surface area contributed by atoms with Crippen molar-refractivity contribution in [3.05, 3.63) is 47.7 Å². The predicted octanol–water partition coefficient (Wildman–Crippen LogP) is 4.86. The maximum absolute atomic E-state index is 14.7. The van der Waals surface area contributed by atoms with Crippen molar-refractivity contribution in [2.45, 2.75) is 40.2 Å². The molecule has 32 heavy (non-hydrogen) atoms. The summed E-state index contributed by atoms with van der Waals surface area (Å²) < 4.78 is 27.2. The molecular formula is C23H26FN5O3. The van der Waals surface area contributed by atoms with E-state index in [4.69, 9.17) is 9.15 Å². The van der Waals surface area contributed by atoms with E-state index in [1.54, 1.807) is 38.6 Å². The Morgan fingerprint density at radius 2 is 1.94 bits per heavy atom. The average Bonchev–Trinajstić information content (AvgIpc) is 3.27. The van der Waals surface area contributed by atoms with Crippen molar-refractivity contribution in [1.82, 2.24) is 20.1 Å². The molecule has 0 bridgehead atoms. The molecular weight excluding hydrogens is 413 g/mol. The van der Waals surface area contributed by atoms with E-state index in [9.17, 15) is 9.18 Å². The Balaban J connectivity index is 1.49. The molecule has 0 unspecified atom stereocenters. The highest BCUT2D eigenvalue weighted by Gasteiger charge is 2.16. The van der Waals surface area contributed by atoms with Crippen LogP contribution in [0, 0.1) is 19.7 Å². The van der Waals surface area contributed by atoms with E-state index in [-0.39, 0.29) is 5.52 Å². The van der Waals surface area contributed by atoms with Gasteiger partial charge in [-0.05, 0) is 51.5 Å². The number of aryl methyl sites for hydroxylation is 2. The standard InChI is InChI=1S/C23H26FN5O3/c1-13-8-17(11-19-20(13)27-14(2)31-19)29-12-15-9-16(10-18(24)21(15)28-29)25-6-7-26-22(30)32-23(3,4)5/h8-12,25H,6-7H2,1-5H3,(H,26,30). The summed E-state index contributed by atoms with van der Waals surface area (Å²) in [6, 6.07) is 6.99. The molecule has 168 valence electrons. The van der Waals surface area contributed by atoms with Crippen molar-refractivity contribution in [1.29, 1.82) is 0 Å². The summed E-state index contributed by atoms with van der Waals surface area (Å²) in [7, 11) is 0. The number of amides is 1. The third kappa shape index (κ3) is 4.66. The Labute approximate surface area is 184 Å². The number of nitrogens with one attached hydrogen (secondary N) is 2. The van der Waals surface area contributed by atoms with Crippen LogP contribution in [0.3, 0.4) is 0 Å². The van der Waals surface area contributed by atoms with Crippen LogP contribution in [-0.4, -0.2) is 39.5 Å². The molecule has 4 aromatic rings. The van der Waals surface area contributed by atoms with Gasteiger partial charge in [-0.3, -0.25) is 0 Å². The minimum absolute atomic E-state index is 0.272. The average molecular weight is 439 g/mol. The van der Waals surface area contributed by atoms with Crippen LogP contribution in [-0.2, 0) is 4.74 Å². The monoisotopic (exact) mass is 439 g/mol. The number of benzene rings is 2. The number of carbonyl (C=O) groups excluding carboxylic acids is 1. The summed E-state index contributed by atoms with van der Waals surface area (Å²) in [6.45, 7) is 9.90. The highest BCUT2D eigenvalue weighted by molar-refractivity contribution is 5.84. The summed E-state index contributed by atoms with van der Waals surface area (Å²) >= 11 is 0. The minimum Gasteiger partial charge on any atom is -0.444 e. The van der Waals surface area contributed by atoms with Gasteiger partial charge in [-0.25, -0.2) is 18.9 Å². The number of rotatable bonds is 5. The summed E-state index contributed by atoms with van der Waals surface area (Å²) in [4.78, 5) is 16.1. The van der Waals surface area contributed by atoms with Crippen LogP contribution in [0.2, 0.25) is 0 Å². The molecule has 0 saturated heterocycles. The smallest absolute Gasteiger partial charge is 0.407 e. The third-order valence-electron chi connectivity index (χ3n) is 4.73. The Morgan fingerprint density at radius 1 is 1.16 bits per heavy atom. The zero-order valence-corrected chi connectivity index (χ0v) is 18.7. The summed E-state index contributed by atoms with van der Waals surface area (Å²) in [5, 5.41) is 10.8. The second-order valence-corrected chi connectivity index (χ2v) is 8.67. The molecule has 0 aliphatic rings. The van der Waals surface area contributed by atoms with E-state index in [0.29, 0.717) is 35.6 Å². The molecule has 2 heterocycles. The Bertz CT molecular complexity index is 1300. The fourth-order valence-electron chi connectivity index (χ4n) is 3.43. The number of fused-ring (bicyclic) bond motifs is 2. The van der Waals surface area contributed by atoms with Crippen molar-refractivity contribution >= 4 is 33.8 Å². The van der Waals surface area contributed by atoms with Gasteiger partial charge in [-0.1, -0.05) is 0 Å². The molecule has 8 nitrogen and oxygen atoms in total. The number of hydrogen-bond acceptors (Lipinski definition) is 6. The van der Waals surface area contributed by atoms with Crippen LogP contribution in [0.5, 0.6) is 0 Å². The second-order valence-electron chi connectivity index (χ2n) is 8.67. The van der Waals surface area contributed by atoms with Crippen LogP contribution in [0.15, 0.2) is 34.9 Å². The van der Waals surface area contributed by atoms with Gasteiger partial charge in [0.05, 0.1) is 5.69 Å². The first kappa shape index (κ1) is 21.6. The molecule has 0 saturated carbocycles. The van der Waals surface area contributed by atoms with Crippen molar-refractivity contribution in [3.63, 3.8) is 0 Å². The predicted molar refractivity (Wildman–Crippen MR) is 121 cm³/mol. The van der Waals surface area contributed by atoms with Gasteiger partial charge < -0.3 is 19.8 Å². The lowest BCUT2D eigenvalue weighted by atomic mass is 10.2. The number of carbonyl (C=O) groups is 1.